The number of hydrogen-bond donors (Lipinski definition) is 1. The number of carbonyl (C=O) groups is 1. The molecule has 1 amide bonds. The van der Waals surface area contributed by atoms with Crippen LogP contribution in [0.5, 0.6) is 5.75 Å². The number of alkyl halides is 3. The lowest BCUT2D eigenvalue weighted by Gasteiger charge is -2.38. The highest BCUT2D eigenvalue weighted by Gasteiger charge is 2.45. The molecule has 0 aromatic heterocycles. The summed E-state index contributed by atoms with van der Waals surface area (Å²) in [6.07, 6.45) is -0.425. The minimum atomic E-state index is -4.62. The standard InChI is InChI=1S/C15H15ClF3NO2/c16-10-6-9(15(17,18)19)7-11(21)12(10)13(22)20-5-4-14(8-20)2-1-3-14/h6-7,21H,1-5,8H2. The van der Waals surface area contributed by atoms with E-state index < -0.39 is 23.4 Å². The van der Waals surface area contributed by atoms with Gasteiger partial charge in [0.1, 0.15) is 5.75 Å². The molecule has 0 radical (unpaired) electrons. The van der Waals surface area contributed by atoms with Gasteiger partial charge >= 0.3 is 6.18 Å². The summed E-state index contributed by atoms with van der Waals surface area (Å²) in [5.41, 5.74) is -1.14. The molecule has 2 fully saturated rings. The second kappa shape index (κ2) is 5.05. The van der Waals surface area contributed by atoms with Crippen LogP contribution in [0.15, 0.2) is 12.1 Å². The first-order valence-electron chi connectivity index (χ1n) is 7.11. The first-order valence-corrected chi connectivity index (χ1v) is 7.49. The van der Waals surface area contributed by atoms with Gasteiger partial charge in [-0.15, -0.1) is 0 Å². The topological polar surface area (TPSA) is 40.5 Å². The number of aromatic hydroxyl groups is 1. The lowest BCUT2D eigenvalue weighted by Crippen LogP contribution is -2.36. The molecule has 1 heterocycles. The molecule has 1 spiro atoms. The minimum absolute atomic E-state index is 0.170. The summed E-state index contributed by atoms with van der Waals surface area (Å²) in [5, 5.41) is 9.47. The fraction of sp³-hybridized carbons (Fsp3) is 0.533. The summed E-state index contributed by atoms with van der Waals surface area (Å²) in [6, 6.07) is 1.23. The van der Waals surface area contributed by atoms with Crippen LogP contribution in [0.4, 0.5) is 13.2 Å². The van der Waals surface area contributed by atoms with E-state index in [2.05, 4.69) is 0 Å². The summed E-state index contributed by atoms with van der Waals surface area (Å²) < 4.78 is 38.0. The molecule has 1 aliphatic carbocycles. The molecule has 0 unspecified atom stereocenters. The molecule has 1 aliphatic heterocycles. The average molecular weight is 334 g/mol. The SMILES string of the molecule is O=C(c1c(O)cc(C(F)(F)F)cc1Cl)N1CCC2(CCC2)C1. The predicted octanol–water partition coefficient (Wildman–Crippen LogP) is 4.08. The number of amides is 1. The van der Waals surface area contributed by atoms with Gasteiger partial charge in [0.15, 0.2) is 0 Å². The molecule has 0 bridgehead atoms. The van der Waals surface area contributed by atoms with Gasteiger partial charge in [-0.3, -0.25) is 4.79 Å². The molecule has 1 aromatic rings. The van der Waals surface area contributed by atoms with E-state index in [1.54, 1.807) is 4.90 Å². The zero-order valence-corrected chi connectivity index (χ0v) is 12.5. The minimum Gasteiger partial charge on any atom is -0.507 e. The van der Waals surface area contributed by atoms with Gasteiger partial charge in [-0.2, -0.15) is 13.2 Å². The molecule has 7 heteroatoms. The Labute approximate surface area is 130 Å². The highest BCUT2D eigenvalue weighted by molar-refractivity contribution is 6.34. The van der Waals surface area contributed by atoms with Crippen molar-refractivity contribution in [1.29, 1.82) is 0 Å². The second-order valence-electron chi connectivity index (χ2n) is 6.18. The normalized spacial score (nSPS) is 20.3. The van der Waals surface area contributed by atoms with Crippen LogP contribution >= 0.6 is 11.6 Å². The Balaban J connectivity index is 1.87. The van der Waals surface area contributed by atoms with Crippen LogP contribution in [0.2, 0.25) is 5.02 Å². The van der Waals surface area contributed by atoms with E-state index >= 15 is 0 Å². The molecule has 1 saturated carbocycles. The van der Waals surface area contributed by atoms with Gasteiger partial charge in [0.25, 0.3) is 5.91 Å². The Morgan fingerprint density at radius 2 is 1.95 bits per heavy atom. The molecule has 22 heavy (non-hydrogen) atoms. The monoisotopic (exact) mass is 333 g/mol. The van der Waals surface area contributed by atoms with Crippen molar-refractivity contribution in [2.75, 3.05) is 13.1 Å². The third kappa shape index (κ3) is 2.53. The fourth-order valence-electron chi connectivity index (χ4n) is 3.32. The third-order valence-corrected chi connectivity index (χ3v) is 5.05. The van der Waals surface area contributed by atoms with Crippen molar-refractivity contribution >= 4 is 17.5 Å². The van der Waals surface area contributed by atoms with Crippen LogP contribution in [0.25, 0.3) is 0 Å². The van der Waals surface area contributed by atoms with E-state index in [9.17, 15) is 23.1 Å². The zero-order valence-electron chi connectivity index (χ0n) is 11.7. The van der Waals surface area contributed by atoms with Crippen molar-refractivity contribution in [3.63, 3.8) is 0 Å². The number of carbonyl (C=O) groups excluding carboxylic acids is 1. The van der Waals surface area contributed by atoms with Crippen LogP contribution in [-0.2, 0) is 6.18 Å². The Hall–Kier alpha value is -1.43. The van der Waals surface area contributed by atoms with Crippen LogP contribution in [0, 0.1) is 5.41 Å². The van der Waals surface area contributed by atoms with Crippen molar-refractivity contribution < 1.29 is 23.1 Å². The molecule has 3 rings (SSSR count). The van der Waals surface area contributed by atoms with Crippen LogP contribution in [0.3, 0.4) is 0 Å². The molecule has 2 aliphatic rings. The maximum absolute atomic E-state index is 12.7. The van der Waals surface area contributed by atoms with Crippen LogP contribution < -0.4 is 0 Å². The van der Waals surface area contributed by atoms with Crippen molar-refractivity contribution in [2.45, 2.75) is 31.9 Å². The molecular weight excluding hydrogens is 319 g/mol. The number of benzene rings is 1. The van der Waals surface area contributed by atoms with Gasteiger partial charge in [0.05, 0.1) is 16.1 Å². The number of likely N-dealkylation sites (tertiary alicyclic amines) is 1. The van der Waals surface area contributed by atoms with Crippen LogP contribution in [0.1, 0.15) is 41.6 Å². The molecule has 0 atom stereocenters. The molecule has 1 saturated heterocycles. The maximum Gasteiger partial charge on any atom is 0.416 e. The quantitative estimate of drug-likeness (QED) is 0.841. The Morgan fingerprint density at radius 1 is 1.27 bits per heavy atom. The van der Waals surface area contributed by atoms with E-state index in [-0.39, 0.29) is 16.0 Å². The van der Waals surface area contributed by atoms with E-state index in [0.29, 0.717) is 25.2 Å². The van der Waals surface area contributed by atoms with Crippen molar-refractivity contribution in [2.24, 2.45) is 5.41 Å². The summed E-state index contributed by atoms with van der Waals surface area (Å²) >= 11 is 5.83. The van der Waals surface area contributed by atoms with Gasteiger partial charge in [-0.25, -0.2) is 0 Å². The van der Waals surface area contributed by atoms with Crippen molar-refractivity contribution in [3.8, 4) is 5.75 Å². The maximum atomic E-state index is 12.7. The molecule has 120 valence electrons. The lowest BCUT2D eigenvalue weighted by molar-refractivity contribution is -0.137. The number of rotatable bonds is 1. The number of phenols is 1. The first-order chi connectivity index (χ1) is 10.2. The van der Waals surface area contributed by atoms with Gasteiger partial charge in [0.2, 0.25) is 0 Å². The van der Waals surface area contributed by atoms with E-state index in [1.165, 1.54) is 0 Å². The lowest BCUT2D eigenvalue weighted by atomic mass is 9.68. The number of nitrogens with zero attached hydrogens (tertiary/aromatic N) is 1. The summed E-state index contributed by atoms with van der Waals surface area (Å²) in [5.74, 6) is -1.22. The van der Waals surface area contributed by atoms with Crippen molar-refractivity contribution in [1.82, 2.24) is 4.90 Å². The van der Waals surface area contributed by atoms with Crippen LogP contribution in [-0.4, -0.2) is 29.0 Å². The van der Waals surface area contributed by atoms with Gasteiger partial charge in [-0.05, 0) is 36.8 Å². The molecular formula is C15H15ClF3NO2. The number of phenolic OH excluding ortho intramolecular Hbond substituents is 1. The first kappa shape index (κ1) is 15.5. The summed E-state index contributed by atoms with van der Waals surface area (Å²) in [4.78, 5) is 14.1. The third-order valence-electron chi connectivity index (χ3n) is 4.75. The number of halogens is 4. The van der Waals surface area contributed by atoms with E-state index in [4.69, 9.17) is 11.6 Å². The molecule has 1 N–H and O–H groups in total. The smallest absolute Gasteiger partial charge is 0.416 e. The molecule has 1 aromatic carbocycles. The highest BCUT2D eigenvalue weighted by atomic mass is 35.5. The summed E-state index contributed by atoms with van der Waals surface area (Å²) in [7, 11) is 0. The summed E-state index contributed by atoms with van der Waals surface area (Å²) in [6.45, 7) is 1.14. The fourth-order valence-corrected chi connectivity index (χ4v) is 3.61. The highest BCUT2D eigenvalue weighted by Crippen LogP contribution is 2.48. The average Bonchev–Trinajstić information content (AvgIpc) is 2.81. The Bertz CT molecular complexity index is 603. The number of hydrogen-bond acceptors (Lipinski definition) is 2. The zero-order chi connectivity index (χ0) is 16.1. The van der Waals surface area contributed by atoms with Gasteiger partial charge < -0.3 is 10.0 Å². The Kier molecular flexibility index (Phi) is 3.55. The van der Waals surface area contributed by atoms with Gasteiger partial charge in [0, 0.05) is 13.1 Å². The predicted molar refractivity (Wildman–Crippen MR) is 74.9 cm³/mol. The van der Waals surface area contributed by atoms with Gasteiger partial charge in [-0.1, -0.05) is 18.0 Å². The Morgan fingerprint density at radius 3 is 2.41 bits per heavy atom. The second-order valence-corrected chi connectivity index (χ2v) is 6.59. The van der Waals surface area contributed by atoms with Crippen molar-refractivity contribution in [3.05, 3.63) is 28.3 Å². The largest absolute Gasteiger partial charge is 0.507 e. The van der Waals surface area contributed by atoms with E-state index in [0.717, 1.165) is 25.7 Å². The van der Waals surface area contributed by atoms with E-state index in [1.807, 2.05) is 0 Å². The molecule has 3 nitrogen and oxygen atoms in total.